The van der Waals surface area contributed by atoms with Crippen LogP contribution in [0.4, 0.5) is 0 Å². The average Bonchev–Trinajstić information content (AvgIpc) is 3.06. The van der Waals surface area contributed by atoms with E-state index in [4.69, 9.17) is 15.8 Å². The van der Waals surface area contributed by atoms with Crippen molar-refractivity contribution in [3.63, 3.8) is 0 Å². The summed E-state index contributed by atoms with van der Waals surface area (Å²) >= 11 is 1.65. The van der Waals surface area contributed by atoms with Crippen LogP contribution in [0, 0.1) is 0 Å². The molecule has 0 bridgehead atoms. The van der Waals surface area contributed by atoms with Crippen molar-refractivity contribution in [2.75, 3.05) is 0 Å². The number of rotatable bonds is 8. The second kappa shape index (κ2) is 9.11. The number of nitrogens with zero attached hydrogens (tertiary/aromatic N) is 4. The average molecular weight is 332 g/mol. The van der Waals surface area contributed by atoms with Gasteiger partial charge in [-0.3, -0.25) is 0 Å². The van der Waals surface area contributed by atoms with Gasteiger partial charge in [0.1, 0.15) is 0 Å². The molecule has 116 valence electrons. The molecule has 4 N–H and O–H groups in total. The molecule has 0 aliphatic rings. The maximum Gasteiger partial charge on any atom is 0.451 e. The third-order valence-electron chi connectivity index (χ3n) is 3.00. The van der Waals surface area contributed by atoms with Crippen LogP contribution in [0.2, 0.25) is 6.32 Å². The number of hydrogen-bond donors (Lipinski definition) is 3. The Morgan fingerprint density at radius 3 is 2.86 bits per heavy atom. The van der Waals surface area contributed by atoms with Crippen LogP contribution in [-0.4, -0.2) is 37.4 Å². The fourth-order valence-corrected chi connectivity index (χ4v) is 2.65. The van der Waals surface area contributed by atoms with Crippen LogP contribution in [0.25, 0.3) is 0 Å². The van der Waals surface area contributed by atoms with Crippen molar-refractivity contribution in [3.8, 4) is 0 Å². The van der Waals surface area contributed by atoms with Gasteiger partial charge < -0.3 is 15.8 Å². The molecule has 1 unspecified atom stereocenters. The molecule has 0 amide bonds. The van der Waals surface area contributed by atoms with E-state index in [1.165, 1.54) is 4.88 Å². The smallest absolute Gasteiger partial charge is 0.427 e. The summed E-state index contributed by atoms with van der Waals surface area (Å²) in [5.41, 5.74) is 6.10. The molecule has 0 aliphatic heterocycles. The summed E-state index contributed by atoms with van der Waals surface area (Å²) in [6.07, 6.45) is 2.62. The highest BCUT2D eigenvalue weighted by molar-refractivity contribution is 7.09. The first-order chi connectivity index (χ1) is 9.66. The first-order valence-electron chi connectivity index (χ1n) is 6.57. The van der Waals surface area contributed by atoms with Crippen LogP contribution in [0.1, 0.15) is 36.0 Å². The Morgan fingerprint density at radius 1 is 1.38 bits per heavy atom. The second-order valence-corrected chi connectivity index (χ2v) is 5.68. The standard InChI is InChI=1S/C11H18BN5O2S.ClH/c13-10(5-1-2-6-12(18)19)11-14-15-16-17(11)8-9-4-3-7-20-9;/h3-4,7,10,18-19H,1-2,5-6,8,13H2;1H. The van der Waals surface area contributed by atoms with Crippen molar-refractivity contribution < 1.29 is 10.0 Å². The van der Waals surface area contributed by atoms with E-state index in [1.807, 2.05) is 17.5 Å². The zero-order chi connectivity index (χ0) is 14.4. The Labute approximate surface area is 133 Å². The minimum absolute atomic E-state index is 0. The summed E-state index contributed by atoms with van der Waals surface area (Å²) in [5.74, 6) is 0.669. The first-order valence-corrected chi connectivity index (χ1v) is 7.45. The van der Waals surface area contributed by atoms with Crippen molar-refractivity contribution in [1.82, 2.24) is 20.2 Å². The van der Waals surface area contributed by atoms with Gasteiger partial charge in [-0.15, -0.1) is 28.8 Å². The van der Waals surface area contributed by atoms with Crippen LogP contribution < -0.4 is 5.73 Å². The highest BCUT2D eigenvalue weighted by Crippen LogP contribution is 2.17. The van der Waals surface area contributed by atoms with Crippen LogP contribution in [-0.2, 0) is 6.54 Å². The van der Waals surface area contributed by atoms with Gasteiger partial charge in [0, 0.05) is 4.88 Å². The number of aromatic nitrogens is 4. The zero-order valence-corrected chi connectivity index (χ0v) is 13.1. The van der Waals surface area contributed by atoms with Crippen LogP contribution >= 0.6 is 23.7 Å². The predicted molar refractivity (Wildman–Crippen MR) is 84.3 cm³/mol. The molecule has 0 spiro atoms. The fraction of sp³-hybridized carbons (Fsp3) is 0.545. The van der Waals surface area contributed by atoms with Crippen molar-refractivity contribution in [2.45, 2.75) is 38.2 Å². The molecule has 2 heterocycles. The van der Waals surface area contributed by atoms with Crippen LogP contribution in [0.5, 0.6) is 0 Å². The minimum Gasteiger partial charge on any atom is -0.427 e. The van der Waals surface area contributed by atoms with Crippen LogP contribution in [0.15, 0.2) is 17.5 Å². The third kappa shape index (κ3) is 5.72. The van der Waals surface area contributed by atoms with Crippen molar-refractivity contribution in [1.29, 1.82) is 0 Å². The molecule has 0 radical (unpaired) electrons. The van der Waals surface area contributed by atoms with E-state index >= 15 is 0 Å². The van der Waals surface area contributed by atoms with E-state index in [0.717, 1.165) is 19.3 Å². The summed E-state index contributed by atoms with van der Waals surface area (Å²) in [4.78, 5) is 1.18. The molecule has 2 aromatic heterocycles. The molecule has 0 fully saturated rings. The van der Waals surface area contributed by atoms with Crippen LogP contribution in [0.3, 0.4) is 0 Å². The SMILES string of the molecule is Cl.NC(CCCCB(O)O)c1nnnn1Cc1cccs1. The highest BCUT2D eigenvalue weighted by atomic mass is 35.5. The van der Waals surface area contributed by atoms with E-state index in [2.05, 4.69) is 15.5 Å². The molecule has 2 rings (SSSR count). The Balaban J connectivity index is 0.00000220. The molecule has 0 aliphatic carbocycles. The first kappa shape index (κ1) is 18.1. The lowest BCUT2D eigenvalue weighted by atomic mass is 9.83. The van der Waals surface area contributed by atoms with E-state index in [1.54, 1.807) is 16.0 Å². The largest absolute Gasteiger partial charge is 0.451 e. The molecule has 10 heteroatoms. The maximum absolute atomic E-state index is 8.78. The van der Waals surface area contributed by atoms with Gasteiger partial charge in [-0.25, -0.2) is 4.68 Å². The van der Waals surface area contributed by atoms with Crippen molar-refractivity contribution in [2.24, 2.45) is 5.73 Å². The van der Waals surface area contributed by atoms with E-state index in [-0.39, 0.29) is 18.4 Å². The maximum atomic E-state index is 8.78. The monoisotopic (exact) mass is 331 g/mol. The molecule has 21 heavy (non-hydrogen) atoms. The van der Waals surface area contributed by atoms with Crippen molar-refractivity contribution >= 4 is 30.9 Å². The molecule has 7 nitrogen and oxygen atoms in total. The second-order valence-electron chi connectivity index (χ2n) is 4.65. The molecule has 0 saturated carbocycles. The number of nitrogens with two attached hydrogens (primary N) is 1. The summed E-state index contributed by atoms with van der Waals surface area (Å²) in [7, 11) is -1.24. The van der Waals surface area contributed by atoms with Gasteiger partial charge in [-0.1, -0.05) is 18.9 Å². The summed E-state index contributed by atoms with van der Waals surface area (Å²) in [5, 5.41) is 31.2. The van der Waals surface area contributed by atoms with Crippen molar-refractivity contribution in [3.05, 3.63) is 28.2 Å². The number of halogens is 1. The van der Waals surface area contributed by atoms with Gasteiger partial charge in [-0.05, 0) is 34.6 Å². The van der Waals surface area contributed by atoms with Gasteiger partial charge in [0.15, 0.2) is 5.82 Å². The van der Waals surface area contributed by atoms with Gasteiger partial charge in [0.2, 0.25) is 0 Å². The van der Waals surface area contributed by atoms with E-state index in [0.29, 0.717) is 18.7 Å². The Kier molecular flexibility index (Phi) is 7.83. The van der Waals surface area contributed by atoms with Gasteiger partial charge in [-0.2, -0.15) is 0 Å². The normalized spacial score (nSPS) is 12.0. The lowest BCUT2D eigenvalue weighted by Crippen LogP contribution is -2.18. The third-order valence-corrected chi connectivity index (χ3v) is 3.87. The van der Waals surface area contributed by atoms with Gasteiger partial charge >= 0.3 is 7.12 Å². The molecular weight excluding hydrogens is 312 g/mol. The lowest BCUT2D eigenvalue weighted by molar-refractivity contribution is 0.400. The van der Waals surface area contributed by atoms with Gasteiger partial charge in [0.05, 0.1) is 12.6 Å². The lowest BCUT2D eigenvalue weighted by Gasteiger charge is -2.11. The van der Waals surface area contributed by atoms with E-state index < -0.39 is 7.12 Å². The molecular formula is C11H19BClN5O2S. The zero-order valence-electron chi connectivity index (χ0n) is 11.5. The quantitative estimate of drug-likeness (QED) is 0.488. The minimum atomic E-state index is -1.24. The summed E-state index contributed by atoms with van der Waals surface area (Å²) < 4.78 is 1.72. The van der Waals surface area contributed by atoms with E-state index in [9.17, 15) is 0 Å². The van der Waals surface area contributed by atoms with Gasteiger partial charge in [0.25, 0.3) is 0 Å². The Hall–Kier alpha value is -0.995. The topological polar surface area (TPSA) is 110 Å². The summed E-state index contributed by atoms with van der Waals surface area (Å²) in [6.45, 7) is 0.628. The Bertz CT molecular complexity index is 510. The molecule has 2 aromatic rings. The summed E-state index contributed by atoms with van der Waals surface area (Å²) in [6, 6.07) is 3.79. The number of tetrazole rings is 1. The molecule has 0 saturated heterocycles. The number of unbranched alkanes of at least 4 members (excludes halogenated alkanes) is 1. The Morgan fingerprint density at radius 2 is 2.19 bits per heavy atom. The number of hydrogen-bond acceptors (Lipinski definition) is 7. The predicted octanol–water partition coefficient (Wildman–Crippen LogP) is 0.848. The number of thiophene rings is 1. The highest BCUT2D eigenvalue weighted by Gasteiger charge is 2.16. The fourth-order valence-electron chi connectivity index (χ4n) is 1.96. The molecule has 1 atom stereocenters. The molecule has 0 aromatic carbocycles.